The summed E-state index contributed by atoms with van der Waals surface area (Å²) in [5.74, 6) is -1.50. The van der Waals surface area contributed by atoms with Crippen LogP contribution in [-0.4, -0.2) is 87.5 Å². The lowest BCUT2D eigenvalue weighted by Crippen LogP contribution is -2.60. The number of aliphatic hydroxyl groups is 5. The average molecular weight is 472 g/mol. The highest BCUT2D eigenvalue weighted by molar-refractivity contribution is 5.85. The van der Waals surface area contributed by atoms with Crippen molar-refractivity contribution in [2.24, 2.45) is 5.92 Å². The first kappa shape index (κ1) is 27.0. The van der Waals surface area contributed by atoms with Crippen molar-refractivity contribution in [2.75, 3.05) is 13.7 Å². The first-order valence-electron chi connectivity index (χ1n) is 10.5. The number of carbonyl (C=O) groups is 2. The van der Waals surface area contributed by atoms with E-state index in [1.807, 2.05) is 0 Å². The van der Waals surface area contributed by atoms with Gasteiger partial charge in [-0.1, -0.05) is 26.0 Å². The maximum atomic E-state index is 12.5. The van der Waals surface area contributed by atoms with Gasteiger partial charge in [0, 0.05) is 0 Å². The van der Waals surface area contributed by atoms with Crippen LogP contribution in [0.5, 0.6) is 5.75 Å². The van der Waals surface area contributed by atoms with E-state index in [-0.39, 0.29) is 24.7 Å². The molecule has 0 amide bonds. The third-order valence-corrected chi connectivity index (χ3v) is 5.18. The van der Waals surface area contributed by atoms with E-state index < -0.39 is 61.3 Å². The van der Waals surface area contributed by atoms with Crippen LogP contribution in [0.3, 0.4) is 0 Å². The van der Waals surface area contributed by atoms with Crippen LogP contribution in [-0.2, 0) is 30.4 Å². The molecule has 1 aromatic carbocycles. The fourth-order valence-corrected chi connectivity index (χ4v) is 3.46. The molecule has 11 heteroatoms. The SMILES string of the molecule is COC(=O)CC(O)(CC(C)C)C(=O)OCc1ccc(O[C@@H]2O[C@H](CO)[C@@H](O)[C@H](O)[C@H]2O)cc1. The minimum atomic E-state index is -2.01. The van der Waals surface area contributed by atoms with Crippen molar-refractivity contribution in [2.45, 2.75) is 69.6 Å². The van der Waals surface area contributed by atoms with Crippen LogP contribution in [0.25, 0.3) is 0 Å². The largest absolute Gasteiger partial charge is 0.469 e. The summed E-state index contributed by atoms with van der Waals surface area (Å²) in [6.45, 7) is 2.84. The van der Waals surface area contributed by atoms with E-state index in [4.69, 9.17) is 14.2 Å². The predicted octanol–water partition coefficient (Wildman–Crippen LogP) is -0.751. The second kappa shape index (κ2) is 11.7. The van der Waals surface area contributed by atoms with E-state index in [0.29, 0.717) is 5.56 Å². The topological polar surface area (TPSA) is 172 Å². The molecule has 1 aliphatic rings. The number of rotatable bonds is 10. The van der Waals surface area contributed by atoms with E-state index in [0.717, 1.165) is 7.11 Å². The molecule has 0 bridgehead atoms. The molecule has 33 heavy (non-hydrogen) atoms. The molecule has 11 nitrogen and oxygen atoms in total. The molecule has 1 fully saturated rings. The lowest BCUT2D eigenvalue weighted by atomic mass is 9.89. The number of carbonyl (C=O) groups excluding carboxylic acids is 2. The Labute approximate surface area is 191 Å². The number of ether oxygens (including phenoxy) is 4. The van der Waals surface area contributed by atoms with Crippen molar-refractivity contribution in [3.8, 4) is 5.75 Å². The zero-order chi connectivity index (χ0) is 24.8. The zero-order valence-corrected chi connectivity index (χ0v) is 18.8. The zero-order valence-electron chi connectivity index (χ0n) is 18.8. The molecule has 6 atom stereocenters. The maximum absolute atomic E-state index is 12.5. The van der Waals surface area contributed by atoms with Crippen LogP contribution in [0, 0.1) is 5.92 Å². The highest BCUT2D eigenvalue weighted by atomic mass is 16.7. The smallest absolute Gasteiger partial charge is 0.339 e. The molecule has 2 rings (SSSR count). The highest BCUT2D eigenvalue weighted by Crippen LogP contribution is 2.26. The summed E-state index contributed by atoms with van der Waals surface area (Å²) in [4.78, 5) is 24.1. The van der Waals surface area contributed by atoms with Crippen LogP contribution < -0.4 is 4.74 Å². The molecule has 1 aromatic rings. The Hall–Kier alpha value is -2.28. The summed E-state index contributed by atoms with van der Waals surface area (Å²) >= 11 is 0. The lowest BCUT2D eigenvalue weighted by molar-refractivity contribution is -0.277. The standard InChI is InChI=1S/C22H32O11/c1-12(2)8-22(29,9-16(24)30-3)21(28)31-11-13-4-6-14(7-5-13)32-20-19(27)18(26)17(25)15(10-23)33-20/h4-7,12,15,17-20,23,25-27,29H,8-11H2,1-3H3/t15-,17-,18+,19-,20-,22?/m1/s1. The van der Waals surface area contributed by atoms with Crippen LogP contribution in [0.4, 0.5) is 0 Å². The Bertz CT molecular complexity index is 779. The minimum absolute atomic E-state index is 0.0206. The fraction of sp³-hybridized carbons (Fsp3) is 0.636. The quantitative estimate of drug-likeness (QED) is 0.271. The Morgan fingerprint density at radius 1 is 1.09 bits per heavy atom. The van der Waals surface area contributed by atoms with Gasteiger partial charge in [-0.25, -0.2) is 4.79 Å². The van der Waals surface area contributed by atoms with Gasteiger partial charge in [-0.3, -0.25) is 4.79 Å². The Balaban J connectivity index is 1.98. The molecule has 0 saturated carbocycles. The summed E-state index contributed by atoms with van der Waals surface area (Å²) in [7, 11) is 1.16. The van der Waals surface area contributed by atoms with Gasteiger partial charge in [0.05, 0.1) is 20.1 Å². The van der Waals surface area contributed by atoms with Gasteiger partial charge in [0.15, 0.2) is 5.60 Å². The monoisotopic (exact) mass is 472 g/mol. The van der Waals surface area contributed by atoms with E-state index >= 15 is 0 Å². The van der Waals surface area contributed by atoms with Crippen LogP contribution in [0.15, 0.2) is 24.3 Å². The van der Waals surface area contributed by atoms with Crippen molar-refractivity contribution >= 4 is 11.9 Å². The maximum Gasteiger partial charge on any atom is 0.339 e. The summed E-state index contributed by atoms with van der Waals surface area (Å²) in [6.07, 6.45) is -7.52. The van der Waals surface area contributed by atoms with Gasteiger partial charge in [-0.15, -0.1) is 0 Å². The summed E-state index contributed by atoms with van der Waals surface area (Å²) in [5.41, 5.74) is -1.46. The molecule has 5 N–H and O–H groups in total. The fourth-order valence-electron chi connectivity index (χ4n) is 3.46. The molecule has 1 unspecified atom stereocenters. The molecule has 0 aromatic heterocycles. The van der Waals surface area contributed by atoms with Gasteiger partial charge in [0.2, 0.25) is 6.29 Å². The molecule has 0 aliphatic carbocycles. The van der Waals surface area contributed by atoms with E-state index in [1.165, 1.54) is 12.1 Å². The Kier molecular flexibility index (Phi) is 9.58. The second-order valence-corrected chi connectivity index (χ2v) is 8.42. The predicted molar refractivity (Wildman–Crippen MR) is 112 cm³/mol. The van der Waals surface area contributed by atoms with Gasteiger partial charge < -0.3 is 44.5 Å². The number of methoxy groups -OCH3 is 1. The van der Waals surface area contributed by atoms with E-state index in [1.54, 1.807) is 26.0 Å². The van der Waals surface area contributed by atoms with Gasteiger partial charge in [0.25, 0.3) is 0 Å². The van der Waals surface area contributed by atoms with Crippen molar-refractivity contribution in [1.82, 2.24) is 0 Å². The number of benzene rings is 1. The minimum Gasteiger partial charge on any atom is -0.469 e. The second-order valence-electron chi connectivity index (χ2n) is 8.42. The van der Waals surface area contributed by atoms with Crippen LogP contribution in [0.2, 0.25) is 0 Å². The first-order chi connectivity index (χ1) is 15.5. The molecular formula is C22H32O11. The van der Waals surface area contributed by atoms with Crippen LogP contribution in [0.1, 0.15) is 32.3 Å². The van der Waals surface area contributed by atoms with Crippen molar-refractivity contribution in [1.29, 1.82) is 0 Å². The van der Waals surface area contributed by atoms with Crippen molar-refractivity contribution in [3.63, 3.8) is 0 Å². The first-order valence-corrected chi connectivity index (χ1v) is 10.5. The molecule has 1 saturated heterocycles. The molecule has 186 valence electrons. The van der Waals surface area contributed by atoms with Crippen LogP contribution >= 0.6 is 0 Å². The van der Waals surface area contributed by atoms with Gasteiger partial charge in [0.1, 0.15) is 36.8 Å². The summed E-state index contributed by atoms with van der Waals surface area (Å²) < 4.78 is 20.6. The molecular weight excluding hydrogens is 440 g/mol. The van der Waals surface area contributed by atoms with E-state index in [9.17, 15) is 35.1 Å². The number of hydrogen-bond acceptors (Lipinski definition) is 11. The number of hydrogen-bond donors (Lipinski definition) is 5. The Morgan fingerprint density at radius 2 is 1.73 bits per heavy atom. The summed E-state index contributed by atoms with van der Waals surface area (Å²) in [6, 6.07) is 6.13. The molecule has 0 radical (unpaired) electrons. The Morgan fingerprint density at radius 3 is 2.27 bits per heavy atom. The normalized spacial score (nSPS) is 27.0. The molecule has 1 aliphatic heterocycles. The highest BCUT2D eigenvalue weighted by Gasteiger charge is 2.45. The van der Waals surface area contributed by atoms with Crippen molar-refractivity contribution in [3.05, 3.63) is 29.8 Å². The molecule has 1 heterocycles. The average Bonchev–Trinajstić information content (AvgIpc) is 2.77. The lowest BCUT2D eigenvalue weighted by Gasteiger charge is -2.39. The third kappa shape index (κ3) is 7.10. The number of aliphatic hydroxyl groups excluding tert-OH is 4. The van der Waals surface area contributed by atoms with E-state index in [2.05, 4.69) is 4.74 Å². The summed E-state index contributed by atoms with van der Waals surface area (Å²) in [5, 5.41) is 49.6. The van der Waals surface area contributed by atoms with Gasteiger partial charge >= 0.3 is 11.9 Å². The number of esters is 2. The van der Waals surface area contributed by atoms with Gasteiger partial charge in [-0.2, -0.15) is 0 Å². The van der Waals surface area contributed by atoms with Crippen molar-refractivity contribution < 1.29 is 54.1 Å². The van der Waals surface area contributed by atoms with Gasteiger partial charge in [-0.05, 0) is 30.0 Å². The molecule has 0 spiro atoms. The third-order valence-electron chi connectivity index (χ3n) is 5.18.